The van der Waals surface area contributed by atoms with E-state index in [1.54, 1.807) is 19.5 Å². The van der Waals surface area contributed by atoms with Crippen molar-refractivity contribution < 1.29 is 4.74 Å². The van der Waals surface area contributed by atoms with Gasteiger partial charge in [0, 0.05) is 24.8 Å². The number of aromatic nitrogens is 1. The van der Waals surface area contributed by atoms with Crippen LogP contribution in [-0.4, -0.2) is 29.1 Å². The summed E-state index contributed by atoms with van der Waals surface area (Å²) in [6, 6.07) is 10.9. The first-order valence-corrected chi connectivity index (χ1v) is 9.72. The van der Waals surface area contributed by atoms with Gasteiger partial charge in [0.25, 0.3) is 0 Å². The maximum absolute atomic E-state index is 9.32. The van der Waals surface area contributed by atoms with Gasteiger partial charge >= 0.3 is 0 Å². The molecule has 1 heterocycles. The zero-order chi connectivity index (χ0) is 19.4. The van der Waals surface area contributed by atoms with Crippen molar-refractivity contribution in [3.05, 3.63) is 58.9 Å². The summed E-state index contributed by atoms with van der Waals surface area (Å²) >= 11 is 6.77. The van der Waals surface area contributed by atoms with Crippen LogP contribution in [0.15, 0.2) is 36.7 Å². The van der Waals surface area contributed by atoms with Crippen LogP contribution in [0.3, 0.4) is 0 Å². The molecule has 0 aliphatic heterocycles. The number of ether oxygens (including phenoxy) is 1. The van der Waals surface area contributed by atoms with Gasteiger partial charge in [-0.25, -0.2) is 0 Å². The molecule has 3 rings (SSSR count). The Kier molecular flexibility index (Phi) is 6.04. The second-order valence-electron chi connectivity index (χ2n) is 7.48. The molecule has 2 aromatic rings. The van der Waals surface area contributed by atoms with Gasteiger partial charge in [-0.05, 0) is 55.0 Å². The number of nitriles is 1. The molecule has 0 spiro atoms. The predicted octanol–water partition coefficient (Wildman–Crippen LogP) is 4.94. The molecule has 0 bridgehead atoms. The Balaban J connectivity index is 1.81. The SMILES string of the molecule is COc1cncc(C(Cl)CN(Cc2ccc(C)c(C)c2)C2(CC#N)CC2)c1. The molecule has 4 nitrogen and oxygen atoms in total. The summed E-state index contributed by atoms with van der Waals surface area (Å²) in [6.07, 6.45) is 6.10. The predicted molar refractivity (Wildman–Crippen MR) is 108 cm³/mol. The van der Waals surface area contributed by atoms with Crippen LogP contribution in [0.5, 0.6) is 5.75 Å². The van der Waals surface area contributed by atoms with Crippen molar-refractivity contribution in [3.63, 3.8) is 0 Å². The number of methoxy groups -OCH3 is 1. The third-order valence-corrected chi connectivity index (χ3v) is 5.95. The summed E-state index contributed by atoms with van der Waals surface area (Å²) in [6.45, 7) is 5.73. The van der Waals surface area contributed by atoms with E-state index in [-0.39, 0.29) is 10.9 Å². The fourth-order valence-electron chi connectivity index (χ4n) is 3.46. The molecule has 0 saturated heterocycles. The number of hydrogen-bond donors (Lipinski definition) is 0. The van der Waals surface area contributed by atoms with E-state index in [2.05, 4.69) is 48.0 Å². The molecule has 1 aliphatic carbocycles. The molecule has 1 aromatic carbocycles. The zero-order valence-corrected chi connectivity index (χ0v) is 17.0. The second-order valence-corrected chi connectivity index (χ2v) is 8.01. The lowest BCUT2D eigenvalue weighted by Gasteiger charge is -2.32. The minimum atomic E-state index is -0.213. The van der Waals surface area contributed by atoms with Gasteiger partial charge < -0.3 is 4.74 Å². The molecule has 1 atom stereocenters. The molecule has 27 heavy (non-hydrogen) atoms. The highest BCUT2D eigenvalue weighted by Crippen LogP contribution is 2.46. The standard InChI is InChI=1S/C22H26ClN3O/c1-16-4-5-18(10-17(16)2)14-26(22(6-7-22)8-9-24)15-21(23)19-11-20(27-3)13-25-12-19/h4-5,10-13,21H,6-8,14-15H2,1-3H3. The monoisotopic (exact) mass is 383 g/mol. The van der Waals surface area contributed by atoms with Crippen LogP contribution in [-0.2, 0) is 6.54 Å². The molecule has 0 radical (unpaired) electrons. The van der Waals surface area contributed by atoms with Crippen LogP contribution in [0.1, 0.15) is 46.9 Å². The van der Waals surface area contributed by atoms with E-state index < -0.39 is 0 Å². The zero-order valence-electron chi connectivity index (χ0n) is 16.2. The highest BCUT2D eigenvalue weighted by molar-refractivity contribution is 6.21. The molecule has 1 aromatic heterocycles. The van der Waals surface area contributed by atoms with Crippen molar-refractivity contribution >= 4 is 11.6 Å². The maximum atomic E-state index is 9.32. The lowest BCUT2D eigenvalue weighted by molar-refractivity contribution is 0.169. The van der Waals surface area contributed by atoms with Crippen molar-refractivity contribution in [2.24, 2.45) is 0 Å². The topological polar surface area (TPSA) is 49.1 Å². The number of alkyl halides is 1. The molecule has 1 unspecified atom stereocenters. The molecule has 0 N–H and O–H groups in total. The number of halogens is 1. The molecular formula is C22H26ClN3O. The average Bonchev–Trinajstić information content (AvgIpc) is 3.45. The van der Waals surface area contributed by atoms with Crippen LogP contribution in [0, 0.1) is 25.2 Å². The van der Waals surface area contributed by atoms with Gasteiger partial charge in [0.05, 0.1) is 31.2 Å². The lowest BCUT2D eigenvalue weighted by Crippen LogP contribution is -2.38. The van der Waals surface area contributed by atoms with E-state index in [9.17, 15) is 5.26 Å². The molecule has 142 valence electrons. The first-order valence-electron chi connectivity index (χ1n) is 9.28. The quantitative estimate of drug-likeness (QED) is 0.606. The van der Waals surface area contributed by atoms with E-state index in [1.165, 1.54) is 16.7 Å². The Morgan fingerprint density at radius 1 is 1.26 bits per heavy atom. The van der Waals surface area contributed by atoms with Crippen molar-refractivity contribution in [1.29, 1.82) is 5.26 Å². The van der Waals surface area contributed by atoms with E-state index in [4.69, 9.17) is 16.3 Å². The number of nitrogens with zero attached hydrogens (tertiary/aromatic N) is 3. The van der Waals surface area contributed by atoms with Gasteiger partial charge in [-0.3, -0.25) is 9.88 Å². The van der Waals surface area contributed by atoms with Crippen LogP contribution in [0.4, 0.5) is 0 Å². The molecule has 1 aliphatic rings. The Labute approximate surface area is 166 Å². The number of aryl methyl sites for hydroxylation is 2. The summed E-state index contributed by atoms with van der Waals surface area (Å²) < 4.78 is 5.27. The van der Waals surface area contributed by atoms with Gasteiger partial charge in [-0.2, -0.15) is 5.26 Å². The molecule has 1 fully saturated rings. The minimum Gasteiger partial charge on any atom is -0.495 e. The highest BCUT2D eigenvalue weighted by atomic mass is 35.5. The van der Waals surface area contributed by atoms with Crippen LogP contribution < -0.4 is 4.74 Å². The smallest absolute Gasteiger partial charge is 0.137 e. The Bertz CT molecular complexity index is 842. The summed E-state index contributed by atoms with van der Waals surface area (Å²) in [7, 11) is 1.63. The van der Waals surface area contributed by atoms with Crippen molar-refractivity contribution in [2.75, 3.05) is 13.7 Å². The summed E-state index contributed by atoms with van der Waals surface area (Å²) in [5, 5.41) is 9.11. The second kappa shape index (κ2) is 8.29. The van der Waals surface area contributed by atoms with Crippen LogP contribution in [0.2, 0.25) is 0 Å². The first kappa shape index (κ1) is 19.7. The highest BCUT2D eigenvalue weighted by Gasteiger charge is 2.48. The van der Waals surface area contributed by atoms with Crippen molar-refractivity contribution in [3.8, 4) is 11.8 Å². The normalized spacial score (nSPS) is 16.0. The first-order chi connectivity index (χ1) is 13.0. The largest absolute Gasteiger partial charge is 0.495 e. The molecule has 1 saturated carbocycles. The van der Waals surface area contributed by atoms with Gasteiger partial charge in [-0.1, -0.05) is 18.2 Å². The van der Waals surface area contributed by atoms with Crippen LogP contribution in [0.25, 0.3) is 0 Å². The van der Waals surface area contributed by atoms with E-state index in [0.29, 0.717) is 18.7 Å². The van der Waals surface area contributed by atoms with Gasteiger partial charge in [0.15, 0.2) is 0 Å². The third-order valence-electron chi connectivity index (χ3n) is 5.56. The fourth-order valence-corrected chi connectivity index (χ4v) is 3.75. The summed E-state index contributed by atoms with van der Waals surface area (Å²) in [4.78, 5) is 6.61. The van der Waals surface area contributed by atoms with E-state index in [1.807, 2.05) is 6.07 Å². The molecule has 0 amide bonds. The van der Waals surface area contributed by atoms with Gasteiger partial charge in [0.2, 0.25) is 0 Å². The summed E-state index contributed by atoms with van der Waals surface area (Å²) in [5.74, 6) is 0.706. The Morgan fingerprint density at radius 3 is 2.67 bits per heavy atom. The maximum Gasteiger partial charge on any atom is 0.137 e. The number of benzene rings is 1. The Hall–Kier alpha value is -2.09. The minimum absolute atomic E-state index is 0.0486. The molecular weight excluding hydrogens is 358 g/mol. The third kappa shape index (κ3) is 4.61. The average molecular weight is 384 g/mol. The fraction of sp³-hybridized carbons (Fsp3) is 0.455. The Morgan fingerprint density at radius 2 is 2.04 bits per heavy atom. The van der Waals surface area contributed by atoms with Crippen molar-refractivity contribution in [1.82, 2.24) is 9.88 Å². The van der Waals surface area contributed by atoms with Crippen molar-refractivity contribution in [2.45, 2.75) is 50.6 Å². The summed E-state index contributed by atoms with van der Waals surface area (Å²) in [5.41, 5.74) is 4.73. The van der Waals surface area contributed by atoms with Gasteiger partial charge in [-0.15, -0.1) is 11.6 Å². The number of hydrogen-bond acceptors (Lipinski definition) is 4. The van der Waals surface area contributed by atoms with Gasteiger partial charge in [0.1, 0.15) is 5.75 Å². The number of pyridine rings is 1. The lowest BCUT2D eigenvalue weighted by atomic mass is 10.0. The van der Waals surface area contributed by atoms with E-state index >= 15 is 0 Å². The molecule has 5 heteroatoms. The number of rotatable bonds is 8. The van der Waals surface area contributed by atoms with E-state index in [0.717, 1.165) is 24.9 Å². The van der Waals surface area contributed by atoms with Crippen LogP contribution >= 0.6 is 11.6 Å².